The molecule has 6 nitrogen and oxygen atoms in total. The third-order valence-corrected chi connectivity index (χ3v) is 7.49. The summed E-state index contributed by atoms with van der Waals surface area (Å²) in [6.07, 6.45) is 9.76. The van der Waals surface area contributed by atoms with Crippen molar-refractivity contribution in [2.75, 3.05) is 38.2 Å². The number of piperazine rings is 1. The van der Waals surface area contributed by atoms with Gasteiger partial charge in [-0.2, -0.15) is 0 Å². The van der Waals surface area contributed by atoms with Crippen molar-refractivity contribution in [2.45, 2.75) is 56.7 Å². The summed E-state index contributed by atoms with van der Waals surface area (Å²) in [5, 5.41) is 3.71. The maximum atomic E-state index is 13.4. The number of aromatic nitrogens is 1. The van der Waals surface area contributed by atoms with Crippen LogP contribution < -0.4 is 5.32 Å². The molecule has 1 aromatic rings. The van der Waals surface area contributed by atoms with Crippen molar-refractivity contribution < 1.29 is 13.9 Å². The summed E-state index contributed by atoms with van der Waals surface area (Å²) in [5.41, 5.74) is 1.24. The molecular weight excluding hydrogens is 415 g/mol. The monoisotopic (exact) mass is 448 g/mol. The second-order valence-corrected chi connectivity index (χ2v) is 10.0. The molecule has 1 aromatic heterocycles. The standard InChI is InChI=1S/C23H33FN4O2S/c1-2-3-19-16-27(31-20-5-6-20)10-11-28(19)21(14-17-8-12-30-13-9-17)23(29)26-22-7-4-18(24)15-25-22/h3-4,7,15,17,20-21H,2,5-6,8-14,16H2,1H3,(H,25,26,29)/b19-3+. The number of carbonyl (C=O) groups excluding carboxylic acids is 1. The summed E-state index contributed by atoms with van der Waals surface area (Å²) in [6, 6.07) is 2.58. The molecule has 1 saturated carbocycles. The number of hydrogen-bond acceptors (Lipinski definition) is 6. The van der Waals surface area contributed by atoms with Crippen LogP contribution >= 0.6 is 11.9 Å². The predicted octanol–water partition coefficient (Wildman–Crippen LogP) is 4.07. The van der Waals surface area contributed by atoms with E-state index in [1.54, 1.807) is 0 Å². The predicted molar refractivity (Wildman–Crippen MR) is 122 cm³/mol. The van der Waals surface area contributed by atoms with Crippen molar-refractivity contribution in [3.05, 3.63) is 35.9 Å². The van der Waals surface area contributed by atoms with Crippen LogP contribution in [0.5, 0.6) is 0 Å². The van der Waals surface area contributed by atoms with E-state index in [0.29, 0.717) is 11.7 Å². The summed E-state index contributed by atoms with van der Waals surface area (Å²) in [4.78, 5) is 19.8. The minimum atomic E-state index is -0.408. The van der Waals surface area contributed by atoms with E-state index in [1.165, 1.54) is 30.7 Å². The number of carbonyl (C=O) groups is 1. The molecule has 4 rings (SSSR count). The quantitative estimate of drug-likeness (QED) is 0.605. The Morgan fingerprint density at radius 1 is 1.32 bits per heavy atom. The van der Waals surface area contributed by atoms with E-state index in [1.807, 2.05) is 11.9 Å². The topological polar surface area (TPSA) is 57.7 Å². The first-order valence-corrected chi connectivity index (χ1v) is 12.3. The fourth-order valence-corrected chi connectivity index (χ4v) is 5.46. The van der Waals surface area contributed by atoms with Crippen molar-refractivity contribution in [3.63, 3.8) is 0 Å². The van der Waals surface area contributed by atoms with E-state index in [0.717, 1.165) is 70.0 Å². The molecule has 2 saturated heterocycles. The summed E-state index contributed by atoms with van der Waals surface area (Å²) < 4.78 is 21.2. The number of halogens is 1. The van der Waals surface area contributed by atoms with E-state index in [2.05, 4.69) is 32.5 Å². The van der Waals surface area contributed by atoms with Gasteiger partial charge in [-0.15, -0.1) is 0 Å². The smallest absolute Gasteiger partial charge is 0.248 e. The molecule has 0 radical (unpaired) electrons. The number of allylic oxidation sites excluding steroid dienone is 1. The van der Waals surface area contributed by atoms with Crippen molar-refractivity contribution in [3.8, 4) is 0 Å². The third kappa shape index (κ3) is 6.43. The Morgan fingerprint density at radius 3 is 2.81 bits per heavy atom. The van der Waals surface area contributed by atoms with E-state index in [9.17, 15) is 9.18 Å². The van der Waals surface area contributed by atoms with Crippen LogP contribution in [0.3, 0.4) is 0 Å². The van der Waals surface area contributed by atoms with Gasteiger partial charge < -0.3 is 15.0 Å². The number of rotatable bonds is 8. The first kappa shape index (κ1) is 22.6. The number of amides is 1. The third-order valence-electron chi connectivity index (χ3n) is 6.11. The maximum absolute atomic E-state index is 13.4. The van der Waals surface area contributed by atoms with Gasteiger partial charge in [0.1, 0.15) is 17.7 Å². The van der Waals surface area contributed by atoms with Gasteiger partial charge in [-0.05, 0) is 56.6 Å². The lowest BCUT2D eigenvalue weighted by Crippen LogP contribution is -2.52. The van der Waals surface area contributed by atoms with Crippen LogP contribution in [0.25, 0.3) is 0 Å². The lowest BCUT2D eigenvalue weighted by atomic mass is 9.91. The summed E-state index contributed by atoms with van der Waals surface area (Å²) >= 11 is 1.98. The zero-order valence-electron chi connectivity index (χ0n) is 18.3. The fraction of sp³-hybridized carbons (Fsp3) is 0.652. The largest absolute Gasteiger partial charge is 0.381 e. The first-order valence-electron chi connectivity index (χ1n) is 11.5. The molecule has 8 heteroatoms. The first-order chi connectivity index (χ1) is 15.1. The fourth-order valence-electron chi connectivity index (χ4n) is 4.29. The Bertz CT molecular complexity index is 765. The molecule has 1 atom stereocenters. The average Bonchev–Trinajstić information content (AvgIpc) is 3.59. The van der Waals surface area contributed by atoms with Gasteiger partial charge >= 0.3 is 0 Å². The molecule has 1 unspecified atom stereocenters. The second kappa shape index (κ2) is 10.8. The Labute approximate surface area is 188 Å². The summed E-state index contributed by atoms with van der Waals surface area (Å²) in [7, 11) is 0. The SMILES string of the molecule is CC/C=C1\CN(SC2CC2)CCN1C(CC1CCOCC1)C(=O)Nc1ccc(F)cn1. The van der Waals surface area contributed by atoms with Crippen LogP contribution in [-0.2, 0) is 9.53 Å². The van der Waals surface area contributed by atoms with Gasteiger partial charge in [0.2, 0.25) is 5.91 Å². The molecule has 31 heavy (non-hydrogen) atoms. The van der Waals surface area contributed by atoms with Crippen LogP contribution in [0.2, 0.25) is 0 Å². The Kier molecular flexibility index (Phi) is 7.85. The van der Waals surface area contributed by atoms with Crippen molar-refractivity contribution in [1.82, 2.24) is 14.2 Å². The minimum Gasteiger partial charge on any atom is -0.381 e. The number of nitrogens with one attached hydrogen (secondary N) is 1. The molecule has 3 heterocycles. The van der Waals surface area contributed by atoms with Gasteiger partial charge in [-0.25, -0.2) is 13.7 Å². The highest BCUT2D eigenvalue weighted by Crippen LogP contribution is 2.38. The molecule has 0 spiro atoms. The van der Waals surface area contributed by atoms with Gasteiger partial charge in [0.05, 0.1) is 6.20 Å². The number of nitrogens with zero attached hydrogens (tertiary/aromatic N) is 3. The zero-order chi connectivity index (χ0) is 21.6. The van der Waals surface area contributed by atoms with Crippen LogP contribution in [0.4, 0.5) is 10.2 Å². The highest BCUT2D eigenvalue weighted by molar-refractivity contribution is 7.97. The van der Waals surface area contributed by atoms with Crippen LogP contribution in [-0.4, -0.2) is 64.2 Å². The molecule has 3 fully saturated rings. The average molecular weight is 449 g/mol. The molecular formula is C23H33FN4O2S. The minimum absolute atomic E-state index is 0.0594. The normalized spacial score (nSPS) is 23.2. The lowest BCUT2D eigenvalue weighted by Gasteiger charge is -2.43. The molecule has 1 amide bonds. The van der Waals surface area contributed by atoms with Crippen LogP contribution in [0.1, 0.15) is 45.4 Å². The number of hydrogen-bond donors (Lipinski definition) is 1. The van der Waals surface area contributed by atoms with E-state index < -0.39 is 5.82 Å². The number of anilines is 1. The van der Waals surface area contributed by atoms with Crippen molar-refractivity contribution in [1.29, 1.82) is 0 Å². The number of ether oxygens (including phenoxy) is 1. The number of pyridine rings is 1. The molecule has 1 N–H and O–H groups in total. The molecule has 2 aliphatic heterocycles. The molecule has 170 valence electrons. The Morgan fingerprint density at radius 2 is 2.13 bits per heavy atom. The van der Waals surface area contributed by atoms with E-state index in [4.69, 9.17) is 4.74 Å². The Balaban J connectivity index is 1.50. The molecule has 1 aliphatic carbocycles. The maximum Gasteiger partial charge on any atom is 0.248 e. The van der Waals surface area contributed by atoms with Crippen LogP contribution in [0.15, 0.2) is 30.1 Å². The van der Waals surface area contributed by atoms with Crippen molar-refractivity contribution >= 4 is 23.7 Å². The van der Waals surface area contributed by atoms with Gasteiger partial charge in [-0.1, -0.05) is 24.9 Å². The zero-order valence-corrected chi connectivity index (χ0v) is 19.1. The van der Waals surface area contributed by atoms with Gasteiger partial charge in [0.25, 0.3) is 0 Å². The Hall–Kier alpha value is -1.64. The highest BCUT2D eigenvalue weighted by atomic mass is 32.2. The molecule has 0 aromatic carbocycles. The highest BCUT2D eigenvalue weighted by Gasteiger charge is 2.35. The lowest BCUT2D eigenvalue weighted by molar-refractivity contribution is -0.122. The van der Waals surface area contributed by atoms with Gasteiger partial charge in [0.15, 0.2) is 0 Å². The van der Waals surface area contributed by atoms with Gasteiger partial charge in [-0.3, -0.25) is 4.79 Å². The second-order valence-electron chi connectivity index (χ2n) is 8.62. The van der Waals surface area contributed by atoms with E-state index in [-0.39, 0.29) is 11.9 Å². The van der Waals surface area contributed by atoms with Crippen LogP contribution in [0, 0.1) is 11.7 Å². The van der Waals surface area contributed by atoms with Crippen molar-refractivity contribution in [2.24, 2.45) is 5.92 Å². The summed E-state index contributed by atoms with van der Waals surface area (Å²) in [5.74, 6) is 0.393. The molecule has 3 aliphatic rings. The van der Waals surface area contributed by atoms with E-state index >= 15 is 0 Å². The molecule has 0 bridgehead atoms. The van der Waals surface area contributed by atoms with Gasteiger partial charge in [0, 0.05) is 43.8 Å². The summed E-state index contributed by atoms with van der Waals surface area (Å²) in [6.45, 7) is 6.35.